The van der Waals surface area contributed by atoms with Crippen molar-refractivity contribution in [1.29, 1.82) is 0 Å². The lowest BCUT2D eigenvalue weighted by atomic mass is 10.0. The predicted molar refractivity (Wildman–Crippen MR) is 64.7 cm³/mol. The molecule has 2 nitrogen and oxygen atoms in total. The molecule has 84 valence electrons. The molecule has 0 heterocycles. The molecule has 0 aliphatic carbocycles. The molecular formula is C12H18ClNO. The summed E-state index contributed by atoms with van der Waals surface area (Å²) in [6.45, 7) is 6.58. The highest BCUT2D eigenvalue weighted by Gasteiger charge is 2.09. The standard InChI is InChI=1S/C12H18ClNO/c1-4-15-12-5-8(2)11(13)7-10(12)6-9(3)14/h5,7,9H,4,6,14H2,1-3H3. The van der Waals surface area contributed by atoms with Crippen LogP contribution >= 0.6 is 11.6 Å². The molecule has 1 aromatic rings. The van der Waals surface area contributed by atoms with Crippen LogP contribution in [0.4, 0.5) is 0 Å². The third-order valence-electron chi connectivity index (χ3n) is 2.18. The summed E-state index contributed by atoms with van der Waals surface area (Å²) in [6, 6.07) is 4.04. The second-order valence-electron chi connectivity index (χ2n) is 3.82. The molecule has 0 aromatic heterocycles. The van der Waals surface area contributed by atoms with Crippen molar-refractivity contribution >= 4 is 11.6 Å². The van der Waals surface area contributed by atoms with Crippen LogP contribution < -0.4 is 10.5 Å². The number of aryl methyl sites for hydroxylation is 1. The van der Waals surface area contributed by atoms with Crippen molar-refractivity contribution in [2.24, 2.45) is 5.73 Å². The van der Waals surface area contributed by atoms with Gasteiger partial charge in [0, 0.05) is 11.1 Å². The summed E-state index contributed by atoms with van der Waals surface area (Å²) in [7, 11) is 0. The van der Waals surface area contributed by atoms with E-state index >= 15 is 0 Å². The lowest BCUT2D eigenvalue weighted by Gasteiger charge is -2.14. The number of halogens is 1. The first kappa shape index (κ1) is 12.3. The Kier molecular flexibility index (Phi) is 4.43. The van der Waals surface area contributed by atoms with Gasteiger partial charge < -0.3 is 10.5 Å². The van der Waals surface area contributed by atoms with Crippen LogP contribution in [0.5, 0.6) is 5.75 Å². The molecule has 0 saturated carbocycles. The molecule has 1 rings (SSSR count). The van der Waals surface area contributed by atoms with Gasteiger partial charge >= 0.3 is 0 Å². The van der Waals surface area contributed by atoms with Gasteiger partial charge in [-0.25, -0.2) is 0 Å². The van der Waals surface area contributed by atoms with Gasteiger partial charge in [0.2, 0.25) is 0 Å². The zero-order valence-electron chi connectivity index (χ0n) is 9.51. The molecule has 0 saturated heterocycles. The van der Waals surface area contributed by atoms with Crippen LogP contribution in [0, 0.1) is 6.92 Å². The van der Waals surface area contributed by atoms with Crippen molar-refractivity contribution in [3.05, 3.63) is 28.3 Å². The fourth-order valence-electron chi connectivity index (χ4n) is 1.49. The molecule has 3 heteroatoms. The summed E-state index contributed by atoms with van der Waals surface area (Å²) < 4.78 is 5.56. The second kappa shape index (κ2) is 5.38. The van der Waals surface area contributed by atoms with E-state index in [9.17, 15) is 0 Å². The SMILES string of the molecule is CCOc1cc(C)c(Cl)cc1CC(C)N. The van der Waals surface area contributed by atoms with Gasteiger partial charge in [0.15, 0.2) is 0 Å². The summed E-state index contributed by atoms with van der Waals surface area (Å²) >= 11 is 6.07. The second-order valence-corrected chi connectivity index (χ2v) is 4.23. The van der Waals surface area contributed by atoms with Gasteiger partial charge in [-0.05, 0) is 50.5 Å². The van der Waals surface area contributed by atoms with Crippen LogP contribution in [-0.4, -0.2) is 12.6 Å². The highest BCUT2D eigenvalue weighted by molar-refractivity contribution is 6.31. The lowest BCUT2D eigenvalue weighted by Crippen LogP contribution is -2.18. The average Bonchev–Trinajstić information content (AvgIpc) is 2.13. The zero-order chi connectivity index (χ0) is 11.4. The molecule has 0 fully saturated rings. The predicted octanol–water partition coefficient (Wildman–Crippen LogP) is 2.94. The molecule has 15 heavy (non-hydrogen) atoms. The normalized spacial score (nSPS) is 12.6. The molecule has 1 unspecified atom stereocenters. The Morgan fingerprint density at radius 1 is 1.47 bits per heavy atom. The molecular weight excluding hydrogens is 210 g/mol. The summed E-state index contributed by atoms with van der Waals surface area (Å²) in [6.07, 6.45) is 0.787. The Balaban J connectivity index is 3.04. The number of nitrogens with two attached hydrogens (primary N) is 1. The van der Waals surface area contributed by atoms with E-state index in [1.807, 2.05) is 32.9 Å². The van der Waals surface area contributed by atoms with Gasteiger partial charge in [-0.1, -0.05) is 11.6 Å². The van der Waals surface area contributed by atoms with E-state index in [-0.39, 0.29) is 6.04 Å². The fraction of sp³-hybridized carbons (Fsp3) is 0.500. The quantitative estimate of drug-likeness (QED) is 0.859. The first-order valence-corrected chi connectivity index (χ1v) is 5.59. The fourth-order valence-corrected chi connectivity index (χ4v) is 1.68. The van der Waals surface area contributed by atoms with Crippen molar-refractivity contribution in [3.8, 4) is 5.75 Å². The largest absolute Gasteiger partial charge is 0.494 e. The topological polar surface area (TPSA) is 35.2 Å². The lowest BCUT2D eigenvalue weighted by molar-refractivity contribution is 0.335. The maximum Gasteiger partial charge on any atom is 0.122 e. The van der Waals surface area contributed by atoms with E-state index in [0.29, 0.717) is 6.61 Å². The van der Waals surface area contributed by atoms with Gasteiger partial charge in [0.1, 0.15) is 5.75 Å². The highest BCUT2D eigenvalue weighted by atomic mass is 35.5. The molecule has 0 amide bonds. The minimum absolute atomic E-state index is 0.114. The van der Waals surface area contributed by atoms with Crippen molar-refractivity contribution in [3.63, 3.8) is 0 Å². The molecule has 0 spiro atoms. The molecule has 0 aliphatic heterocycles. The molecule has 0 bridgehead atoms. The van der Waals surface area contributed by atoms with Crippen molar-refractivity contribution in [2.45, 2.75) is 33.2 Å². The Morgan fingerprint density at radius 3 is 2.67 bits per heavy atom. The van der Waals surface area contributed by atoms with E-state index in [2.05, 4.69) is 0 Å². The van der Waals surface area contributed by atoms with Gasteiger partial charge in [0.25, 0.3) is 0 Å². The van der Waals surface area contributed by atoms with Crippen molar-refractivity contribution in [2.75, 3.05) is 6.61 Å². The van der Waals surface area contributed by atoms with Gasteiger partial charge in [-0.3, -0.25) is 0 Å². The van der Waals surface area contributed by atoms with Crippen molar-refractivity contribution in [1.82, 2.24) is 0 Å². The average molecular weight is 228 g/mol. The molecule has 2 N–H and O–H groups in total. The van der Waals surface area contributed by atoms with Crippen LogP contribution in [-0.2, 0) is 6.42 Å². The number of hydrogen-bond donors (Lipinski definition) is 1. The van der Waals surface area contributed by atoms with E-state index in [0.717, 1.165) is 28.3 Å². The third kappa shape index (κ3) is 3.40. The van der Waals surface area contributed by atoms with Crippen LogP contribution in [0.2, 0.25) is 5.02 Å². The van der Waals surface area contributed by atoms with E-state index in [1.54, 1.807) is 0 Å². The summed E-state index contributed by atoms with van der Waals surface area (Å²) in [5, 5.41) is 0.772. The first-order chi connectivity index (χ1) is 7.04. The minimum atomic E-state index is 0.114. The minimum Gasteiger partial charge on any atom is -0.494 e. The van der Waals surface area contributed by atoms with E-state index < -0.39 is 0 Å². The molecule has 0 aliphatic rings. The van der Waals surface area contributed by atoms with Crippen LogP contribution in [0.3, 0.4) is 0 Å². The Morgan fingerprint density at radius 2 is 2.13 bits per heavy atom. The molecule has 1 aromatic carbocycles. The number of rotatable bonds is 4. The highest BCUT2D eigenvalue weighted by Crippen LogP contribution is 2.27. The van der Waals surface area contributed by atoms with Crippen LogP contribution in [0.15, 0.2) is 12.1 Å². The van der Waals surface area contributed by atoms with Gasteiger partial charge in [-0.2, -0.15) is 0 Å². The summed E-state index contributed by atoms with van der Waals surface area (Å²) in [5.74, 6) is 0.900. The van der Waals surface area contributed by atoms with Crippen LogP contribution in [0.1, 0.15) is 25.0 Å². The van der Waals surface area contributed by atoms with Gasteiger partial charge in [0.05, 0.1) is 6.61 Å². The van der Waals surface area contributed by atoms with Crippen LogP contribution in [0.25, 0.3) is 0 Å². The summed E-state index contributed by atoms with van der Waals surface area (Å²) in [5.41, 5.74) is 7.90. The Labute approximate surface area is 96.4 Å². The van der Waals surface area contributed by atoms with E-state index in [4.69, 9.17) is 22.1 Å². The maximum absolute atomic E-state index is 6.07. The van der Waals surface area contributed by atoms with Gasteiger partial charge in [-0.15, -0.1) is 0 Å². The Hall–Kier alpha value is -0.730. The molecule has 0 radical (unpaired) electrons. The molecule has 1 atom stereocenters. The number of hydrogen-bond acceptors (Lipinski definition) is 2. The monoisotopic (exact) mass is 227 g/mol. The first-order valence-electron chi connectivity index (χ1n) is 5.22. The maximum atomic E-state index is 6.07. The van der Waals surface area contributed by atoms with E-state index in [1.165, 1.54) is 0 Å². The third-order valence-corrected chi connectivity index (χ3v) is 2.59. The van der Waals surface area contributed by atoms with Crippen molar-refractivity contribution < 1.29 is 4.74 Å². The summed E-state index contributed by atoms with van der Waals surface area (Å²) in [4.78, 5) is 0. The Bertz CT molecular complexity index is 337. The zero-order valence-corrected chi connectivity index (χ0v) is 10.3. The number of benzene rings is 1. The number of ether oxygens (including phenoxy) is 1. The smallest absolute Gasteiger partial charge is 0.122 e.